The Kier molecular flexibility index (Phi) is 6.32. The van der Waals surface area contributed by atoms with Crippen LogP contribution in [0.3, 0.4) is 0 Å². The fourth-order valence-electron chi connectivity index (χ4n) is 2.25. The van der Waals surface area contributed by atoms with E-state index in [9.17, 15) is 18.0 Å². The van der Waals surface area contributed by atoms with E-state index in [1.54, 1.807) is 4.72 Å². The second kappa shape index (κ2) is 8.92. The molecule has 1 saturated heterocycles. The van der Waals surface area contributed by atoms with Crippen LogP contribution in [0.2, 0.25) is 0 Å². The van der Waals surface area contributed by atoms with E-state index >= 15 is 0 Å². The average molecular weight is 438 g/mol. The van der Waals surface area contributed by atoms with Crippen LogP contribution in [0.4, 0.5) is 10.7 Å². The number of carbonyl (C=O) groups excluding carboxylic acids is 2. The molecule has 2 amide bonds. The number of esters is 1. The lowest BCUT2D eigenvalue weighted by Crippen LogP contribution is -2.35. The third kappa shape index (κ3) is 5.33. The van der Waals surface area contributed by atoms with Crippen molar-refractivity contribution < 1.29 is 37.0 Å². The van der Waals surface area contributed by atoms with E-state index in [1.807, 2.05) is 0 Å². The Morgan fingerprint density at radius 1 is 1.17 bits per heavy atom. The van der Waals surface area contributed by atoms with Crippen molar-refractivity contribution in [1.29, 1.82) is 0 Å². The zero-order chi connectivity index (χ0) is 21.7. The maximum Gasteiger partial charge on any atom is 0.339 e. The molecule has 2 heterocycles. The molecule has 0 aliphatic carbocycles. The summed E-state index contributed by atoms with van der Waals surface area (Å²) in [5.74, 6) is -0.927. The minimum Gasteiger partial charge on any atom is -0.481 e. The SMILES string of the molecule is COc1cc(OC)nc(NC(=O)NS(=O)(=O)c2ccccc2C(=O)OCC2CO2)n1. The van der Waals surface area contributed by atoms with Gasteiger partial charge in [0.1, 0.15) is 17.6 Å². The van der Waals surface area contributed by atoms with Crippen molar-refractivity contribution in [2.45, 2.75) is 11.0 Å². The minimum atomic E-state index is -4.42. The lowest BCUT2D eigenvalue weighted by atomic mass is 10.2. The number of nitrogens with one attached hydrogen (secondary N) is 2. The Morgan fingerprint density at radius 3 is 2.40 bits per heavy atom. The molecule has 1 fully saturated rings. The molecule has 1 aliphatic heterocycles. The van der Waals surface area contributed by atoms with Crippen LogP contribution in [0.15, 0.2) is 35.2 Å². The summed E-state index contributed by atoms with van der Waals surface area (Å²) >= 11 is 0. The summed E-state index contributed by atoms with van der Waals surface area (Å²) in [5.41, 5.74) is -0.224. The van der Waals surface area contributed by atoms with Crippen LogP contribution >= 0.6 is 0 Å². The Bertz CT molecular complexity index is 1030. The fraction of sp³-hybridized carbons (Fsp3) is 0.294. The highest BCUT2D eigenvalue weighted by Gasteiger charge is 2.28. The van der Waals surface area contributed by atoms with Gasteiger partial charge in [0.05, 0.1) is 32.5 Å². The van der Waals surface area contributed by atoms with Crippen molar-refractivity contribution in [2.75, 3.05) is 32.8 Å². The van der Waals surface area contributed by atoms with E-state index in [1.165, 1.54) is 44.6 Å². The number of anilines is 1. The molecule has 0 spiro atoms. The predicted molar refractivity (Wildman–Crippen MR) is 101 cm³/mol. The van der Waals surface area contributed by atoms with Gasteiger partial charge < -0.3 is 18.9 Å². The van der Waals surface area contributed by atoms with Crippen LogP contribution in [-0.4, -0.2) is 63.9 Å². The minimum absolute atomic E-state index is 0.0101. The lowest BCUT2D eigenvalue weighted by molar-refractivity contribution is 0.0472. The number of amides is 2. The topological polar surface area (TPSA) is 158 Å². The van der Waals surface area contributed by atoms with Crippen LogP contribution in [-0.2, 0) is 19.5 Å². The molecule has 1 atom stereocenters. The van der Waals surface area contributed by atoms with Crippen LogP contribution in [0, 0.1) is 0 Å². The number of rotatable bonds is 8. The predicted octanol–water partition coefficient (Wildman–Crippen LogP) is 0.560. The number of aromatic nitrogens is 2. The van der Waals surface area contributed by atoms with Gasteiger partial charge in [-0.1, -0.05) is 12.1 Å². The number of hydrogen-bond acceptors (Lipinski definition) is 10. The van der Waals surface area contributed by atoms with Crippen LogP contribution in [0.25, 0.3) is 0 Å². The van der Waals surface area contributed by atoms with E-state index in [4.69, 9.17) is 18.9 Å². The standard InChI is InChI=1S/C17H18N4O8S/c1-26-13-7-14(27-2)19-16(18-13)20-17(23)21-30(24,25)12-6-4-3-5-11(12)15(22)29-9-10-8-28-10/h3-7,10H,8-9H2,1-2H3,(H2,18,19,20,21,23). The number of nitrogens with zero attached hydrogens (tertiary/aromatic N) is 2. The molecule has 0 saturated carbocycles. The second-order valence-corrected chi connectivity index (χ2v) is 7.54. The summed E-state index contributed by atoms with van der Waals surface area (Å²) in [4.78, 5) is 31.8. The van der Waals surface area contributed by atoms with Crippen molar-refractivity contribution >= 4 is 28.0 Å². The molecule has 1 aliphatic rings. The second-order valence-electron chi connectivity index (χ2n) is 5.89. The normalized spacial score (nSPS) is 15.1. The summed E-state index contributed by atoms with van der Waals surface area (Å²) in [5, 5.41) is 2.17. The average Bonchev–Trinajstić information content (AvgIpc) is 3.55. The number of epoxide rings is 1. The highest BCUT2D eigenvalue weighted by molar-refractivity contribution is 7.90. The lowest BCUT2D eigenvalue weighted by Gasteiger charge is -2.12. The first-order chi connectivity index (χ1) is 14.3. The zero-order valence-electron chi connectivity index (χ0n) is 15.9. The number of methoxy groups -OCH3 is 2. The number of carbonyl (C=O) groups is 2. The molecule has 0 radical (unpaired) electrons. The molecular formula is C17H18N4O8S. The molecular weight excluding hydrogens is 420 g/mol. The van der Waals surface area contributed by atoms with Crippen LogP contribution in [0.1, 0.15) is 10.4 Å². The van der Waals surface area contributed by atoms with Gasteiger partial charge in [-0.15, -0.1) is 0 Å². The Morgan fingerprint density at radius 2 is 1.80 bits per heavy atom. The number of urea groups is 1. The number of ether oxygens (including phenoxy) is 4. The quantitative estimate of drug-likeness (QED) is 0.440. The van der Waals surface area contributed by atoms with Crippen LogP contribution < -0.4 is 19.5 Å². The van der Waals surface area contributed by atoms with E-state index in [0.717, 1.165) is 0 Å². The van der Waals surface area contributed by atoms with E-state index in [-0.39, 0.29) is 36.0 Å². The zero-order valence-corrected chi connectivity index (χ0v) is 16.8. The first kappa shape index (κ1) is 21.3. The fourth-order valence-corrected chi connectivity index (χ4v) is 3.36. The molecule has 30 heavy (non-hydrogen) atoms. The number of sulfonamides is 1. The maximum atomic E-state index is 12.7. The molecule has 160 valence electrons. The van der Waals surface area contributed by atoms with Gasteiger partial charge >= 0.3 is 12.0 Å². The Labute approximate surface area is 171 Å². The van der Waals surface area contributed by atoms with Gasteiger partial charge in [0.15, 0.2) is 0 Å². The smallest absolute Gasteiger partial charge is 0.339 e. The van der Waals surface area contributed by atoms with Gasteiger partial charge in [0.2, 0.25) is 17.7 Å². The van der Waals surface area contributed by atoms with Gasteiger partial charge in [-0.3, -0.25) is 5.32 Å². The molecule has 2 aromatic rings. The first-order valence-electron chi connectivity index (χ1n) is 8.51. The van der Waals surface area contributed by atoms with Crippen molar-refractivity contribution in [2.24, 2.45) is 0 Å². The molecule has 12 nitrogen and oxygen atoms in total. The maximum absolute atomic E-state index is 12.7. The highest BCUT2D eigenvalue weighted by Crippen LogP contribution is 2.19. The monoisotopic (exact) mass is 438 g/mol. The van der Waals surface area contributed by atoms with Gasteiger partial charge in [0, 0.05) is 0 Å². The van der Waals surface area contributed by atoms with Gasteiger partial charge in [-0.05, 0) is 12.1 Å². The van der Waals surface area contributed by atoms with E-state index in [0.29, 0.717) is 6.61 Å². The Balaban J connectivity index is 1.75. The molecule has 2 N–H and O–H groups in total. The molecule has 13 heteroatoms. The highest BCUT2D eigenvalue weighted by atomic mass is 32.2. The van der Waals surface area contributed by atoms with Gasteiger partial charge in [0.25, 0.3) is 10.0 Å². The van der Waals surface area contributed by atoms with Crippen molar-refractivity contribution in [3.8, 4) is 11.8 Å². The third-order valence-electron chi connectivity index (χ3n) is 3.75. The number of benzene rings is 1. The van der Waals surface area contributed by atoms with E-state index in [2.05, 4.69) is 15.3 Å². The number of hydrogen-bond donors (Lipinski definition) is 2. The molecule has 3 rings (SSSR count). The summed E-state index contributed by atoms with van der Waals surface area (Å²) in [6.07, 6.45) is -0.179. The Hall–Kier alpha value is -3.45. The summed E-state index contributed by atoms with van der Waals surface area (Å²) in [6.45, 7) is 0.488. The first-order valence-corrected chi connectivity index (χ1v) is 9.99. The van der Waals surface area contributed by atoms with Gasteiger partial charge in [-0.25, -0.2) is 22.7 Å². The molecule has 0 bridgehead atoms. The van der Waals surface area contributed by atoms with E-state index < -0.39 is 26.9 Å². The summed E-state index contributed by atoms with van der Waals surface area (Å²) in [7, 11) is -1.72. The van der Waals surface area contributed by atoms with Crippen LogP contribution in [0.5, 0.6) is 11.8 Å². The van der Waals surface area contributed by atoms with Crippen molar-refractivity contribution in [3.05, 3.63) is 35.9 Å². The largest absolute Gasteiger partial charge is 0.481 e. The summed E-state index contributed by atoms with van der Waals surface area (Å²) < 4.78 is 47.0. The summed E-state index contributed by atoms with van der Waals surface area (Å²) in [6, 6.07) is 5.54. The third-order valence-corrected chi connectivity index (χ3v) is 5.14. The van der Waals surface area contributed by atoms with Crippen molar-refractivity contribution in [3.63, 3.8) is 0 Å². The van der Waals surface area contributed by atoms with Gasteiger partial charge in [-0.2, -0.15) is 9.97 Å². The molecule has 1 aromatic carbocycles. The molecule has 1 unspecified atom stereocenters. The van der Waals surface area contributed by atoms with Crippen molar-refractivity contribution in [1.82, 2.24) is 14.7 Å². The molecule has 1 aromatic heterocycles.